The van der Waals surface area contributed by atoms with Gasteiger partial charge in [0, 0.05) is 18.5 Å². The van der Waals surface area contributed by atoms with Crippen LogP contribution in [0.1, 0.15) is 62.5 Å². The molecule has 1 rings (SSSR count). The maximum atomic E-state index is 5.56. The second-order valence-electron chi connectivity index (χ2n) is 5.03. The van der Waals surface area contributed by atoms with E-state index in [1.54, 1.807) is 7.11 Å². The topological polar surface area (TPSA) is 47.0 Å². The summed E-state index contributed by atoms with van der Waals surface area (Å²) >= 11 is 0. The van der Waals surface area contributed by atoms with Gasteiger partial charge in [-0.3, -0.25) is 0 Å². The lowest BCUT2D eigenvalue weighted by atomic mass is 10.0. The average Bonchev–Trinajstić information content (AvgIpc) is 2.49. The molecule has 1 aromatic heterocycles. The van der Waals surface area contributed by atoms with Gasteiger partial charge in [-0.2, -0.15) is 0 Å². The molecule has 0 aliphatic carbocycles. The molecule has 0 amide bonds. The Morgan fingerprint density at radius 2 is 1.70 bits per heavy atom. The van der Waals surface area contributed by atoms with Gasteiger partial charge in [0.15, 0.2) is 5.82 Å². The van der Waals surface area contributed by atoms with Crippen molar-refractivity contribution in [3.8, 4) is 0 Å². The van der Waals surface area contributed by atoms with Crippen LogP contribution >= 0.6 is 0 Å². The number of likely N-dealkylation sites (N-methyl/N-ethyl adjacent to an activating group) is 1. The summed E-state index contributed by atoms with van der Waals surface area (Å²) in [5, 5.41) is 3.21. The molecule has 1 aromatic rings. The number of ether oxygens (including phenoxy) is 1. The SMILES string of the molecule is CCCC(OC)c1nc(CC)c(CCNC)c(CC)n1. The van der Waals surface area contributed by atoms with Crippen molar-refractivity contribution >= 4 is 0 Å². The van der Waals surface area contributed by atoms with Crippen molar-refractivity contribution in [2.24, 2.45) is 0 Å². The minimum absolute atomic E-state index is 0.0222. The van der Waals surface area contributed by atoms with Gasteiger partial charge in [0.05, 0.1) is 0 Å². The van der Waals surface area contributed by atoms with Crippen LogP contribution in [0.15, 0.2) is 0 Å². The molecule has 0 saturated carbocycles. The van der Waals surface area contributed by atoms with Crippen molar-refractivity contribution in [3.05, 3.63) is 22.8 Å². The van der Waals surface area contributed by atoms with E-state index in [9.17, 15) is 0 Å². The summed E-state index contributed by atoms with van der Waals surface area (Å²) in [6.45, 7) is 7.45. The molecule has 1 heterocycles. The van der Waals surface area contributed by atoms with Gasteiger partial charge < -0.3 is 10.1 Å². The van der Waals surface area contributed by atoms with Gasteiger partial charge in [-0.25, -0.2) is 9.97 Å². The van der Waals surface area contributed by atoms with Gasteiger partial charge >= 0.3 is 0 Å². The Morgan fingerprint density at radius 1 is 1.10 bits per heavy atom. The van der Waals surface area contributed by atoms with Crippen LogP contribution in [0, 0.1) is 0 Å². The van der Waals surface area contributed by atoms with E-state index in [1.165, 1.54) is 17.0 Å². The zero-order valence-corrected chi connectivity index (χ0v) is 13.6. The van der Waals surface area contributed by atoms with Crippen molar-refractivity contribution < 1.29 is 4.74 Å². The molecule has 0 radical (unpaired) electrons. The smallest absolute Gasteiger partial charge is 0.157 e. The first kappa shape index (κ1) is 17.1. The van der Waals surface area contributed by atoms with E-state index in [0.717, 1.165) is 44.5 Å². The summed E-state index contributed by atoms with van der Waals surface area (Å²) in [5.74, 6) is 0.858. The fourth-order valence-corrected chi connectivity index (χ4v) is 2.49. The lowest BCUT2D eigenvalue weighted by molar-refractivity contribution is 0.0871. The predicted molar refractivity (Wildman–Crippen MR) is 83.1 cm³/mol. The molecule has 1 N–H and O–H groups in total. The fourth-order valence-electron chi connectivity index (χ4n) is 2.49. The van der Waals surface area contributed by atoms with E-state index >= 15 is 0 Å². The first-order chi connectivity index (χ1) is 9.71. The van der Waals surface area contributed by atoms with Gasteiger partial charge in [-0.1, -0.05) is 27.2 Å². The third-order valence-corrected chi connectivity index (χ3v) is 3.61. The van der Waals surface area contributed by atoms with Crippen LogP contribution in [-0.2, 0) is 24.0 Å². The van der Waals surface area contributed by atoms with Crippen molar-refractivity contribution in [3.63, 3.8) is 0 Å². The molecular formula is C16H29N3O. The van der Waals surface area contributed by atoms with E-state index in [-0.39, 0.29) is 6.10 Å². The molecule has 1 atom stereocenters. The second kappa shape index (κ2) is 9.03. The molecule has 0 fully saturated rings. The molecular weight excluding hydrogens is 250 g/mol. The number of rotatable bonds is 9. The van der Waals surface area contributed by atoms with Gasteiger partial charge in [0.25, 0.3) is 0 Å². The highest BCUT2D eigenvalue weighted by Crippen LogP contribution is 2.22. The lowest BCUT2D eigenvalue weighted by Gasteiger charge is -2.18. The number of aryl methyl sites for hydroxylation is 2. The summed E-state index contributed by atoms with van der Waals surface area (Å²) in [4.78, 5) is 9.56. The Hall–Kier alpha value is -1.00. The Balaban J connectivity index is 3.16. The van der Waals surface area contributed by atoms with Crippen LogP contribution in [-0.4, -0.2) is 30.7 Å². The molecule has 0 spiro atoms. The van der Waals surface area contributed by atoms with Crippen molar-refractivity contribution in [2.45, 2.75) is 59.0 Å². The molecule has 0 saturated heterocycles. The van der Waals surface area contributed by atoms with Crippen LogP contribution < -0.4 is 5.32 Å². The summed E-state index contributed by atoms with van der Waals surface area (Å²) in [7, 11) is 3.73. The molecule has 1 unspecified atom stereocenters. The van der Waals surface area contributed by atoms with E-state index < -0.39 is 0 Å². The summed E-state index contributed by atoms with van der Waals surface area (Å²) in [6, 6.07) is 0. The number of aromatic nitrogens is 2. The summed E-state index contributed by atoms with van der Waals surface area (Å²) < 4.78 is 5.56. The Labute approximate surface area is 123 Å². The first-order valence-corrected chi connectivity index (χ1v) is 7.77. The van der Waals surface area contributed by atoms with E-state index in [4.69, 9.17) is 14.7 Å². The molecule has 20 heavy (non-hydrogen) atoms. The van der Waals surface area contributed by atoms with Crippen LogP contribution in [0.3, 0.4) is 0 Å². The monoisotopic (exact) mass is 279 g/mol. The lowest BCUT2D eigenvalue weighted by Crippen LogP contribution is -2.17. The van der Waals surface area contributed by atoms with E-state index in [0.29, 0.717) is 0 Å². The minimum Gasteiger partial charge on any atom is -0.373 e. The Bertz CT molecular complexity index is 382. The van der Waals surface area contributed by atoms with Crippen molar-refractivity contribution in [2.75, 3.05) is 20.7 Å². The summed E-state index contributed by atoms with van der Waals surface area (Å²) in [6.07, 6.45) is 4.96. The highest BCUT2D eigenvalue weighted by Gasteiger charge is 2.18. The van der Waals surface area contributed by atoms with Gasteiger partial charge in [-0.05, 0) is 44.8 Å². The van der Waals surface area contributed by atoms with Gasteiger partial charge in [0.1, 0.15) is 6.10 Å². The Kier molecular flexibility index (Phi) is 7.70. The standard InChI is InChI=1S/C16H29N3O/c1-6-9-15(20-5)16-18-13(7-2)12(10-11-17-4)14(8-3)19-16/h15,17H,6-11H2,1-5H3. The normalized spacial score (nSPS) is 12.7. The molecule has 114 valence electrons. The van der Waals surface area contributed by atoms with Gasteiger partial charge in [-0.15, -0.1) is 0 Å². The van der Waals surface area contributed by atoms with Crippen LogP contribution in [0.25, 0.3) is 0 Å². The fraction of sp³-hybridized carbons (Fsp3) is 0.750. The van der Waals surface area contributed by atoms with E-state index in [2.05, 4.69) is 26.1 Å². The number of methoxy groups -OCH3 is 1. The summed E-state index contributed by atoms with van der Waals surface area (Å²) in [5.41, 5.74) is 3.68. The molecule has 0 bridgehead atoms. The molecule has 4 nitrogen and oxygen atoms in total. The average molecular weight is 279 g/mol. The quantitative estimate of drug-likeness (QED) is 0.755. The maximum Gasteiger partial charge on any atom is 0.157 e. The molecule has 0 aromatic carbocycles. The number of hydrogen-bond acceptors (Lipinski definition) is 4. The van der Waals surface area contributed by atoms with Gasteiger partial charge in [0.2, 0.25) is 0 Å². The van der Waals surface area contributed by atoms with Crippen molar-refractivity contribution in [1.82, 2.24) is 15.3 Å². The molecule has 0 aliphatic heterocycles. The third kappa shape index (κ3) is 4.25. The number of nitrogens with one attached hydrogen (secondary N) is 1. The minimum atomic E-state index is 0.0222. The van der Waals surface area contributed by atoms with Crippen molar-refractivity contribution in [1.29, 1.82) is 0 Å². The van der Waals surface area contributed by atoms with Crippen LogP contribution in [0.4, 0.5) is 0 Å². The molecule has 4 heteroatoms. The molecule has 0 aliphatic rings. The maximum absolute atomic E-state index is 5.56. The number of nitrogens with zero attached hydrogens (tertiary/aromatic N) is 2. The van der Waals surface area contributed by atoms with E-state index in [1.807, 2.05) is 7.05 Å². The highest BCUT2D eigenvalue weighted by molar-refractivity contribution is 5.27. The first-order valence-electron chi connectivity index (χ1n) is 7.77. The zero-order chi connectivity index (χ0) is 15.0. The van der Waals surface area contributed by atoms with Crippen LogP contribution in [0.5, 0.6) is 0 Å². The zero-order valence-electron chi connectivity index (χ0n) is 13.6. The highest BCUT2D eigenvalue weighted by atomic mass is 16.5. The third-order valence-electron chi connectivity index (χ3n) is 3.61. The largest absolute Gasteiger partial charge is 0.373 e. The number of hydrogen-bond donors (Lipinski definition) is 1. The second-order valence-corrected chi connectivity index (χ2v) is 5.03. The van der Waals surface area contributed by atoms with Crippen LogP contribution in [0.2, 0.25) is 0 Å². The Morgan fingerprint density at radius 3 is 2.10 bits per heavy atom. The predicted octanol–water partition coefficient (Wildman–Crippen LogP) is 2.85.